The number of benzene rings is 1. The molecule has 1 aliphatic rings. The van der Waals surface area contributed by atoms with Gasteiger partial charge in [-0.1, -0.05) is 12.1 Å². The van der Waals surface area contributed by atoms with Crippen LogP contribution >= 0.6 is 0 Å². The molecule has 0 unspecified atom stereocenters. The van der Waals surface area contributed by atoms with Crippen LogP contribution in [-0.2, 0) is 4.79 Å². The Balaban J connectivity index is 2.42. The van der Waals surface area contributed by atoms with Crippen LogP contribution in [0.2, 0.25) is 0 Å². The van der Waals surface area contributed by atoms with Gasteiger partial charge in [-0.05, 0) is 12.1 Å². The normalized spacial score (nSPS) is 21.8. The molecule has 6 nitrogen and oxygen atoms in total. The summed E-state index contributed by atoms with van der Waals surface area (Å²) in [6.45, 7) is 0. The van der Waals surface area contributed by atoms with Gasteiger partial charge in [-0.15, -0.1) is 0 Å². The molecular weight excluding hydrogens is 310 g/mol. The van der Waals surface area contributed by atoms with E-state index < -0.39 is 41.1 Å². The Morgan fingerprint density at radius 2 is 1.86 bits per heavy atom. The van der Waals surface area contributed by atoms with Gasteiger partial charge in [-0.3, -0.25) is 19.8 Å². The molecule has 1 atom stereocenters. The highest BCUT2D eigenvalue weighted by atomic mass is 19.4. The summed E-state index contributed by atoms with van der Waals surface area (Å²) >= 11 is 0. The lowest BCUT2D eigenvalue weighted by molar-refractivity contribution is -0.199. The minimum absolute atomic E-state index is 0.176. The number of hydrogen-bond donors (Lipinski definition) is 2. The Morgan fingerprint density at radius 3 is 2.32 bits per heavy atom. The number of halogens is 4. The van der Waals surface area contributed by atoms with Gasteiger partial charge in [0.05, 0.1) is 5.56 Å². The minimum atomic E-state index is -5.31. The molecule has 0 spiro atoms. The van der Waals surface area contributed by atoms with E-state index in [1.54, 1.807) is 0 Å². The second-order valence-corrected chi connectivity index (χ2v) is 4.48. The highest BCUT2D eigenvalue weighted by Gasteiger charge is 2.68. The lowest BCUT2D eigenvalue weighted by Gasteiger charge is -2.29. The molecular formula is C12H9F4N3O3. The van der Waals surface area contributed by atoms with E-state index in [1.807, 2.05) is 0 Å². The summed E-state index contributed by atoms with van der Waals surface area (Å²) < 4.78 is 53.1. The summed E-state index contributed by atoms with van der Waals surface area (Å²) in [6, 6.07) is 2.95. The number of likely N-dealkylation sites (N-methyl/N-ethyl adjacent to an activating group) is 1. The Hall–Kier alpha value is -2.65. The minimum Gasteiger partial charge on any atom is -0.314 e. The molecule has 1 fully saturated rings. The van der Waals surface area contributed by atoms with Crippen LogP contribution in [0.15, 0.2) is 24.3 Å². The Morgan fingerprint density at radius 1 is 1.27 bits per heavy atom. The van der Waals surface area contributed by atoms with E-state index in [-0.39, 0.29) is 4.90 Å². The van der Waals surface area contributed by atoms with Gasteiger partial charge in [0.1, 0.15) is 5.82 Å². The summed E-state index contributed by atoms with van der Waals surface area (Å²) in [4.78, 5) is 35.1. The molecule has 1 aromatic rings. The van der Waals surface area contributed by atoms with E-state index >= 15 is 0 Å². The molecule has 1 aromatic carbocycles. The number of carbonyl (C=O) groups excluding carboxylic acids is 3. The number of nitrogens with zero attached hydrogens (tertiary/aromatic N) is 1. The Bertz CT molecular complexity index is 661. The molecule has 0 saturated carbocycles. The fourth-order valence-electron chi connectivity index (χ4n) is 1.87. The van der Waals surface area contributed by atoms with Crippen molar-refractivity contribution in [1.29, 1.82) is 0 Å². The fourth-order valence-corrected chi connectivity index (χ4v) is 1.87. The zero-order valence-corrected chi connectivity index (χ0v) is 11.0. The van der Waals surface area contributed by atoms with Gasteiger partial charge in [0.25, 0.3) is 17.5 Å². The van der Waals surface area contributed by atoms with E-state index in [0.717, 1.165) is 19.2 Å². The van der Waals surface area contributed by atoms with Gasteiger partial charge in [-0.2, -0.15) is 13.2 Å². The number of urea groups is 1. The van der Waals surface area contributed by atoms with Crippen LogP contribution in [-0.4, -0.2) is 41.6 Å². The number of rotatable bonds is 2. The largest absolute Gasteiger partial charge is 0.440 e. The van der Waals surface area contributed by atoms with Gasteiger partial charge < -0.3 is 5.32 Å². The SMILES string of the molecule is CN1C(=O)N[C@](NC(=O)c2ccccc2F)(C(F)(F)F)C1=O. The highest BCUT2D eigenvalue weighted by Crippen LogP contribution is 2.33. The molecule has 1 aliphatic heterocycles. The quantitative estimate of drug-likeness (QED) is 0.630. The standard InChI is InChI=1S/C12H9F4N3O3/c1-19-9(21)11(12(14,15)16,18-10(19)22)17-8(20)6-4-2-3-5-7(6)13/h2-5H,1H3,(H,17,20)(H,18,22)/t11-/m0/s1. The van der Waals surface area contributed by atoms with Crippen LogP contribution < -0.4 is 10.6 Å². The van der Waals surface area contributed by atoms with Crippen molar-refractivity contribution in [3.8, 4) is 0 Å². The van der Waals surface area contributed by atoms with Crippen molar-refractivity contribution in [1.82, 2.24) is 15.5 Å². The molecule has 1 heterocycles. The third-order valence-corrected chi connectivity index (χ3v) is 3.07. The van der Waals surface area contributed by atoms with Crippen LogP contribution in [0.25, 0.3) is 0 Å². The molecule has 22 heavy (non-hydrogen) atoms. The topological polar surface area (TPSA) is 78.5 Å². The number of carbonyl (C=O) groups is 3. The molecule has 2 N–H and O–H groups in total. The maximum atomic E-state index is 13.5. The number of imide groups is 1. The molecule has 10 heteroatoms. The fraction of sp³-hybridized carbons (Fsp3) is 0.250. The average Bonchev–Trinajstić information content (AvgIpc) is 2.64. The van der Waals surface area contributed by atoms with Crippen molar-refractivity contribution in [3.63, 3.8) is 0 Å². The van der Waals surface area contributed by atoms with E-state index in [9.17, 15) is 31.9 Å². The van der Waals surface area contributed by atoms with E-state index in [1.165, 1.54) is 22.8 Å². The second kappa shape index (κ2) is 4.97. The highest BCUT2D eigenvalue weighted by molar-refractivity contribution is 6.10. The van der Waals surface area contributed by atoms with Crippen LogP contribution in [0.1, 0.15) is 10.4 Å². The molecule has 2 rings (SSSR count). The van der Waals surface area contributed by atoms with Gasteiger partial charge >= 0.3 is 12.2 Å². The molecule has 0 bridgehead atoms. The molecule has 0 aliphatic carbocycles. The number of hydrogen-bond acceptors (Lipinski definition) is 3. The number of alkyl halides is 3. The third-order valence-electron chi connectivity index (χ3n) is 3.07. The zero-order valence-electron chi connectivity index (χ0n) is 11.0. The molecule has 4 amide bonds. The first kappa shape index (κ1) is 15.7. The van der Waals surface area contributed by atoms with E-state index in [2.05, 4.69) is 0 Å². The van der Waals surface area contributed by atoms with E-state index in [4.69, 9.17) is 0 Å². The zero-order chi connectivity index (χ0) is 16.7. The number of nitrogens with one attached hydrogen (secondary N) is 2. The molecule has 1 saturated heterocycles. The van der Waals surface area contributed by atoms with Gasteiger partial charge in [0, 0.05) is 7.05 Å². The van der Waals surface area contributed by atoms with Crippen LogP contribution in [0.4, 0.5) is 22.4 Å². The first-order chi connectivity index (χ1) is 10.1. The van der Waals surface area contributed by atoms with Gasteiger partial charge in [0.2, 0.25) is 0 Å². The maximum Gasteiger partial charge on any atom is 0.440 e. The summed E-state index contributed by atoms with van der Waals surface area (Å²) in [5.74, 6) is -4.27. The van der Waals surface area contributed by atoms with Crippen molar-refractivity contribution < 1.29 is 31.9 Å². The first-order valence-electron chi connectivity index (χ1n) is 5.84. The molecule has 0 radical (unpaired) electrons. The van der Waals surface area contributed by atoms with Crippen LogP contribution in [0.5, 0.6) is 0 Å². The summed E-state index contributed by atoms with van der Waals surface area (Å²) in [5, 5.41) is 2.76. The maximum absolute atomic E-state index is 13.5. The van der Waals surface area contributed by atoms with Gasteiger partial charge in [-0.25, -0.2) is 9.18 Å². The summed E-state index contributed by atoms with van der Waals surface area (Å²) in [5.41, 5.74) is -4.32. The summed E-state index contributed by atoms with van der Waals surface area (Å²) in [6.07, 6.45) is -5.31. The smallest absolute Gasteiger partial charge is 0.314 e. The Kier molecular flexibility index (Phi) is 3.55. The monoisotopic (exact) mass is 319 g/mol. The van der Waals surface area contributed by atoms with Crippen molar-refractivity contribution in [2.75, 3.05) is 7.05 Å². The van der Waals surface area contributed by atoms with Crippen LogP contribution in [0, 0.1) is 5.82 Å². The third kappa shape index (κ3) is 2.26. The average molecular weight is 319 g/mol. The van der Waals surface area contributed by atoms with Crippen molar-refractivity contribution in [2.45, 2.75) is 11.8 Å². The lowest BCUT2D eigenvalue weighted by atomic mass is 10.1. The molecule has 118 valence electrons. The number of amides is 4. The first-order valence-corrected chi connectivity index (χ1v) is 5.84. The second-order valence-electron chi connectivity index (χ2n) is 4.48. The van der Waals surface area contributed by atoms with E-state index in [0.29, 0.717) is 0 Å². The lowest BCUT2D eigenvalue weighted by Crippen LogP contribution is -2.69. The predicted molar refractivity (Wildman–Crippen MR) is 64.0 cm³/mol. The van der Waals surface area contributed by atoms with Crippen LogP contribution in [0.3, 0.4) is 0 Å². The predicted octanol–water partition coefficient (Wildman–Crippen LogP) is 0.996. The van der Waals surface area contributed by atoms with Gasteiger partial charge in [0.15, 0.2) is 0 Å². The van der Waals surface area contributed by atoms with Crippen molar-refractivity contribution in [2.24, 2.45) is 0 Å². The summed E-state index contributed by atoms with van der Waals surface area (Å²) in [7, 11) is 0.820. The molecule has 0 aromatic heterocycles. The Labute approximate surface area is 121 Å². The van der Waals surface area contributed by atoms with Crippen molar-refractivity contribution >= 4 is 17.8 Å². The van der Waals surface area contributed by atoms with Crippen molar-refractivity contribution in [3.05, 3.63) is 35.6 Å².